The highest BCUT2D eigenvalue weighted by atomic mass is 32.2. The second-order valence-electron chi connectivity index (χ2n) is 11.2. The number of rotatable bonds is 10. The van der Waals surface area contributed by atoms with E-state index in [4.69, 9.17) is 0 Å². The number of anilines is 7. The van der Waals surface area contributed by atoms with E-state index in [1.807, 2.05) is 0 Å². The molecule has 52 heavy (non-hydrogen) atoms. The Labute approximate surface area is 293 Å². The zero-order chi connectivity index (χ0) is 37.2. The molecule has 0 spiro atoms. The molecule has 0 unspecified atom stereocenters. The van der Waals surface area contributed by atoms with Crippen LogP contribution in [0.25, 0.3) is 10.8 Å². The lowest BCUT2D eigenvalue weighted by Crippen LogP contribution is -2.08. The van der Waals surface area contributed by atoms with Crippen LogP contribution in [0.5, 0.6) is 0 Å². The SMILES string of the molecule is CC(=O)Nc1cc(Nc2nc(F)nc(Nc3cc(Nc4ncnc(F)c4F)ccc3C)n2)ccc1N=Nc1ccc2cc(C)cc(S(=O)(=O)O)c2c1. The maximum Gasteiger partial charge on any atom is 0.315 e. The number of azo groups is 1. The molecular formula is C33H26F3N11O4S. The van der Waals surface area contributed by atoms with Gasteiger partial charge in [0.15, 0.2) is 5.82 Å². The van der Waals surface area contributed by atoms with E-state index in [-0.39, 0.29) is 45.1 Å². The number of carbonyl (C=O) groups excluding carboxylic acids is 1. The normalized spacial score (nSPS) is 11.5. The van der Waals surface area contributed by atoms with Crippen LogP contribution in [0.2, 0.25) is 0 Å². The Balaban J connectivity index is 1.24. The van der Waals surface area contributed by atoms with Crippen LogP contribution in [-0.2, 0) is 14.9 Å². The zero-order valence-electron chi connectivity index (χ0n) is 27.3. The van der Waals surface area contributed by atoms with Crippen molar-refractivity contribution < 1.29 is 30.9 Å². The Morgan fingerprint density at radius 2 is 1.50 bits per heavy atom. The molecule has 6 aromatic rings. The molecule has 0 radical (unpaired) electrons. The summed E-state index contributed by atoms with van der Waals surface area (Å²) in [6.07, 6.45) is -0.257. The van der Waals surface area contributed by atoms with Crippen LogP contribution in [0, 0.1) is 31.7 Å². The van der Waals surface area contributed by atoms with Gasteiger partial charge in [-0.25, -0.2) is 9.97 Å². The minimum absolute atomic E-state index is 0.190. The fraction of sp³-hybridized carbons (Fsp3) is 0.0909. The summed E-state index contributed by atoms with van der Waals surface area (Å²) >= 11 is 0. The van der Waals surface area contributed by atoms with Crippen LogP contribution >= 0.6 is 0 Å². The summed E-state index contributed by atoms with van der Waals surface area (Å²) < 4.78 is 76.0. The average Bonchev–Trinajstić information content (AvgIpc) is 3.06. The van der Waals surface area contributed by atoms with Crippen molar-refractivity contribution in [3.8, 4) is 0 Å². The number of aryl methyl sites for hydroxylation is 2. The van der Waals surface area contributed by atoms with Crippen LogP contribution in [-0.4, -0.2) is 43.8 Å². The average molecular weight is 730 g/mol. The number of halogens is 3. The third-order valence-corrected chi connectivity index (χ3v) is 8.15. The first kappa shape index (κ1) is 35.2. The van der Waals surface area contributed by atoms with Crippen molar-refractivity contribution in [2.45, 2.75) is 25.7 Å². The van der Waals surface area contributed by atoms with Crippen LogP contribution in [0.15, 0.2) is 88.2 Å². The standard InChI is InChI=1S/C33H26F3N11O4S/c1-16-10-19-5-7-22(12-23(19)27(11-16)52(49,50)51)46-47-24-9-8-21(14-26(24)39-18(3)48)41-32-43-31(36)44-33(45-32)42-25-13-20(6-4-17(25)2)40-30-28(34)29(35)37-15-38-30/h4-15H,1-3H3,(H,39,48)(H,37,38,40)(H,49,50,51)(H2,41,42,43,44,45). The third kappa shape index (κ3) is 8.22. The summed E-state index contributed by atoms with van der Waals surface area (Å²) in [5.74, 6) is -3.78. The van der Waals surface area contributed by atoms with Crippen molar-refractivity contribution in [2.75, 3.05) is 21.3 Å². The Morgan fingerprint density at radius 1 is 0.788 bits per heavy atom. The van der Waals surface area contributed by atoms with Gasteiger partial charge in [-0.15, -0.1) is 5.11 Å². The molecule has 0 bridgehead atoms. The van der Waals surface area contributed by atoms with Gasteiger partial charge in [-0.1, -0.05) is 18.2 Å². The second kappa shape index (κ2) is 14.3. The van der Waals surface area contributed by atoms with Gasteiger partial charge >= 0.3 is 6.08 Å². The van der Waals surface area contributed by atoms with E-state index >= 15 is 0 Å². The first-order chi connectivity index (χ1) is 24.7. The van der Waals surface area contributed by atoms with E-state index in [0.717, 1.165) is 6.33 Å². The lowest BCUT2D eigenvalue weighted by atomic mass is 10.1. The van der Waals surface area contributed by atoms with E-state index in [1.165, 1.54) is 37.3 Å². The fourth-order valence-corrected chi connectivity index (χ4v) is 5.74. The number of benzene rings is 4. The first-order valence-corrected chi connectivity index (χ1v) is 16.5. The highest BCUT2D eigenvalue weighted by Gasteiger charge is 2.16. The zero-order valence-corrected chi connectivity index (χ0v) is 28.1. The predicted molar refractivity (Wildman–Crippen MR) is 186 cm³/mol. The van der Waals surface area contributed by atoms with Crippen LogP contribution in [0.1, 0.15) is 18.1 Å². The number of aromatic nitrogens is 5. The first-order valence-electron chi connectivity index (χ1n) is 15.1. The summed E-state index contributed by atoms with van der Waals surface area (Å²) in [5.41, 5.74) is 3.06. The Kier molecular flexibility index (Phi) is 9.71. The van der Waals surface area contributed by atoms with Crippen molar-refractivity contribution >= 4 is 78.6 Å². The van der Waals surface area contributed by atoms with Gasteiger partial charge in [0, 0.05) is 29.4 Å². The third-order valence-electron chi connectivity index (χ3n) is 7.26. The molecule has 0 aliphatic heterocycles. The largest absolute Gasteiger partial charge is 0.338 e. The van der Waals surface area contributed by atoms with Crippen molar-refractivity contribution in [1.82, 2.24) is 24.9 Å². The second-order valence-corrected chi connectivity index (χ2v) is 12.6. The number of fused-ring (bicyclic) bond motifs is 1. The summed E-state index contributed by atoms with van der Waals surface area (Å²) in [4.78, 5) is 30.2. The molecule has 2 heterocycles. The number of nitrogens with zero attached hydrogens (tertiary/aromatic N) is 7. The van der Waals surface area contributed by atoms with Gasteiger partial charge in [-0.05, 0) is 78.9 Å². The molecule has 0 aliphatic rings. The number of hydrogen-bond acceptors (Lipinski definition) is 13. The van der Waals surface area contributed by atoms with Gasteiger partial charge in [0.2, 0.25) is 23.6 Å². The van der Waals surface area contributed by atoms with Gasteiger partial charge in [0.1, 0.15) is 16.9 Å². The van der Waals surface area contributed by atoms with E-state index in [0.29, 0.717) is 33.6 Å². The van der Waals surface area contributed by atoms with Crippen LogP contribution in [0.3, 0.4) is 0 Å². The van der Waals surface area contributed by atoms with Crippen molar-refractivity contribution in [3.05, 3.63) is 102 Å². The van der Waals surface area contributed by atoms with Gasteiger partial charge in [0.05, 0.1) is 11.4 Å². The highest BCUT2D eigenvalue weighted by Crippen LogP contribution is 2.34. The fourth-order valence-electron chi connectivity index (χ4n) is 4.95. The Bertz CT molecular complexity index is 2520. The molecule has 6 rings (SSSR count). The predicted octanol–water partition coefficient (Wildman–Crippen LogP) is 7.70. The van der Waals surface area contributed by atoms with Gasteiger partial charge in [-0.2, -0.15) is 41.7 Å². The molecule has 4 aromatic carbocycles. The number of carbonyl (C=O) groups is 1. The summed E-state index contributed by atoms with van der Waals surface area (Å²) in [7, 11) is -4.52. The summed E-state index contributed by atoms with van der Waals surface area (Å²) in [6.45, 7) is 4.74. The molecule has 1 amide bonds. The monoisotopic (exact) mass is 729 g/mol. The molecule has 19 heteroatoms. The number of hydrogen-bond donors (Lipinski definition) is 5. The molecular weight excluding hydrogens is 703 g/mol. The minimum Gasteiger partial charge on any atom is -0.338 e. The van der Waals surface area contributed by atoms with E-state index < -0.39 is 33.9 Å². The molecule has 0 fully saturated rings. The molecule has 15 nitrogen and oxygen atoms in total. The molecule has 0 atom stereocenters. The lowest BCUT2D eigenvalue weighted by molar-refractivity contribution is -0.114. The maximum absolute atomic E-state index is 14.6. The Morgan fingerprint density at radius 3 is 2.25 bits per heavy atom. The van der Waals surface area contributed by atoms with Crippen LogP contribution < -0.4 is 21.3 Å². The van der Waals surface area contributed by atoms with E-state index in [9.17, 15) is 30.9 Å². The van der Waals surface area contributed by atoms with Crippen molar-refractivity contribution in [2.24, 2.45) is 10.2 Å². The van der Waals surface area contributed by atoms with E-state index in [1.54, 1.807) is 50.2 Å². The Hall–Kier alpha value is -6.60. The maximum atomic E-state index is 14.6. The molecule has 2 aromatic heterocycles. The highest BCUT2D eigenvalue weighted by molar-refractivity contribution is 7.86. The van der Waals surface area contributed by atoms with Gasteiger partial charge < -0.3 is 21.3 Å². The summed E-state index contributed by atoms with van der Waals surface area (Å²) in [5, 5.41) is 20.3. The molecule has 0 saturated heterocycles. The lowest BCUT2D eigenvalue weighted by Gasteiger charge is -2.13. The number of nitrogens with one attached hydrogen (secondary N) is 4. The smallest absolute Gasteiger partial charge is 0.315 e. The topological polar surface area (TPSA) is 209 Å². The van der Waals surface area contributed by atoms with Crippen molar-refractivity contribution in [3.63, 3.8) is 0 Å². The van der Waals surface area contributed by atoms with Crippen LogP contribution in [0.4, 0.5) is 65.0 Å². The van der Waals surface area contributed by atoms with Gasteiger partial charge in [0.25, 0.3) is 16.1 Å². The molecule has 0 aliphatic carbocycles. The summed E-state index contributed by atoms with van der Waals surface area (Å²) in [6, 6.07) is 17.2. The van der Waals surface area contributed by atoms with Crippen molar-refractivity contribution in [1.29, 1.82) is 0 Å². The minimum atomic E-state index is -4.52. The molecule has 0 saturated carbocycles. The molecule has 5 N–H and O–H groups in total. The van der Waals surface area contributed by atoms with E-state index in [2.05, 4.69) is 56.4 Å². The van der Waals surface area contributed by atoms with Gasteiger partial charge in [-0.3, -0.25) is 9.35 Å². The number of amides is 1. The quantitative estimate of drug-likeness (QED) is 0.0522. The molecule has 264 valence electrons.